The molecule has 6 nitrogen and oxygen atoms in total. The molecule has 0 amide bonds. The van der Waals surface area contributed by atoms with Gasteiger partial charge >= 0.3 is 6.01 Å². The van der Waals surface area contributed by atoms with E-state index >= 15 is 0 Å². The summed E-state index contributed by atoms with van der Waals surface area (Å²) in [6.07, 6.45) is 0. The third kappa shape index (κ3) is 3.50. The molecule has 0 aliphatic heterocycles. The van der Waals surface area contributed by atoms with Gasteiger partial charge in [0.25, 0.3) is 0 Å². The van der Waals surface area contributed by atoms with Gasteiger partial charge in [0, 0.05) is 17.7 Å². The molecular weight excluding hydrogens is 240 g/mol. The zero-order chi connectivity index (χ0) is 12.1. The fourth-order valence-electron chi connectivity index (χ4n) is 1.21. The Morgan fingerprint density at radius 2 is 2.35 bits per heavy atom. The van der Waals surface area contributed by atoms with E-state index in [2.05, 4.69) is 20.5 Å². The van der Waals surface area contributed by atoms with Crippen molar-refractivity contribution >= 4 is 17.4 Å². The standard InChI is InChI=1S/C10H14N4O2S/c1-3-15-5-8-13-14-10(16-8)11-4-9-12-7(2)6-17-9/h6H,3-5H2,1-2H3,(H,11,14). The molecule has 2 heterocycles. The Morgan fingerprint density at radius 1 is 1.47 bits per heavy atom. The van der Waals surface area contributed by atoms with E-state index in [1.54, 1.807) is 11.3 Å². The summed E-state index contributed by atoms with van der Waals surface area (Å²) in [5, 5.41) is 13.7. The minimum Gasteiger partial charge on any atom is -0.406 e. The van der Waals surface area contributed by atoms with Gasteiger partial charge in [-0.25, -0.2) is 4.98 Å². The Kier molecular flexibility index (Phi) is 4.05. The quantitative estimate of drug-likeness (QED) is 0.849. The summed E-state index contributed by atoms with van der Waals surface area (Å²) < 4.78 is 10.5. The number of hydrogen-bond acceptors (Lipinski definition) is 7. The highest BCUT2D eigenvalue weighted by molar-refractivity contribution is 7.09. The molecule has 92 valence electrons. The SMILES string of the molecule is CCOCc1nnc(NCc2nc(C)cs2)o1. The minimum absolute atomic E-state index is 0.349. The van der Waals surface area contributed by atoms with Crippen LogP contribution >= 0.6 is 11.3 Å². The topological polar surface area (TPSA) is 73.1 Å². The van der Waals surface area contributed by atoms with Crippen LogP contribution in [0.1, 0.15) is 23.5 Å². The number of anilines is 1. The smallest absolute Gasteiger partial charge is 0.315 e. The monoisotopic (exact) mass is 254 g/mol. The van der Waals surface area contributed by atoms with Gasteiger partial charge in [-0.2, -0.15) is 0 Å². The van der Waals surface area contributed by atoms with Crippen LogP contribution in [0.5, 0.6) is 0 Å². The van der Waals surface area contributed by atoms with Crippen molar-refractivity contribution in [2.75, 3.05) is 11.9 Å². The van der Waals surface area contributed by atoms with Gasteiger partial charge in [0.1, 0.15) is 11.6 Å². The van der Waals surface area contributed by atoms with Crippen LogP contribution in [0.25, 0.3) is 0 Å². The van der Waals surface area contributed by atoms with Crippen LogP contribution in [0, 0.1) is 6.92 Å². The van der Waals surface area contributed by atoms with E-state index < -0.39 is 0 Å². The van der Waals surface area contributed by atoms with Crippen molar-refractivity contribution in [1.82, 2.24) is 15.2 Å². The zero-order valence-electron chi connectivity index (χ0n) is 9.77. The fraction of sp³-hybridized carbons (Fsp3) is 0.500. The van der Waals surface area contributed by atoms with Gasteiger partial charge in [-0.15, -0.1) is 16.4 Å². The highest BCUT2D eigenvalue weighted by Gasteiger charge is 2.06. The maximum atomic E-state index is 5.33. The molecule has 17 heavy (non-hydrogen) atoms. The maximum absolute atomic E-state index is 5.33. The summed E-state index contributed by atoms with van der Waals surface area (Å²) >= 11 is 1.60. The largest absolute Gasteiger partial charge is 0.406 e. The van der Waals surface area contributed by atoms with Crippen LogP contribution in [-0.2, 0) is 17.9 Å². The van der Waals surface area contributed by atoms with E-state index in [1.165, 1.54) is 0 Å². The molecule has 0 bridgehead atoms. The van der Waals surface area contributed by atoms with Crippen LogP contribution in [0.3, 0.4) is 0 Å². The second kappa shape index (κ2) is 5.74. The summed E-state index contributed by atoms with van der Waals surface area (Å²) in [4.78, 5) is 4.32. The number of ether oxygens (including phenoxy) is 1. The van der Waals surface area contributed by atoms with Crippen molar-refractivity contribution in [2.24, 2.45) is 0 Å². The van der Waals surface area contributed by atoms with E-state index in [4.69, 9.17) is 9.15 Å². The van der Waals surface area contributed by atoms with Crippen LogP contribution in [-0.4, -0.2) is 21.8 Å². The van der Waals surface area contributed by atoms with Crippen LogP contribution in [0.15, 0.2) is 9.80 Å². The number of hydrogen-bond donors (Lipinski definition) is 1. The van der Waals surface area contributed by atoms with Crippen molar-refractivity contribution in [2.45, 2.75) is 27.0 Å². The Labute approximate surface area is 103 Å². The fourth-order valence-corrected chi connectivity index (χ4v) is 1.92. The lowest BCUT2D eigenvalue weighted by Crippen LogP contribution is -1.99. The molecule has 7 heteroatoms. The van der Waals surface area contributed by atoms with Gasteiger partial charge in [0.05, 0.1) is 6.54 Å². The minimum atomic E-state index is 0.349. The van der Waals surface area contributed by atoms with Crippen molar-refractivity contribution in [1.29, 1.82) is 0 Å². The van der Waals surface area contributed by atoms with Gasteiger partial charge in [0.15, 0.2) is 0 Å². The Morgan fingerprint density at radius 3 is 3.06 bits per heavy atom. The average Bonchev–Trinajstić information content (AvgIpc) is 2.93. The third-order valence-electron chi connectivity index (χ3n) is 1.95. The highest BCUT2D eigenvalue weighted by atomic mass is 32.1. The lowest BCUT2D eigenvalue weighted by atomic mass is 10.6. The van der Waals surface area contributed by atoms with Gasteiger partial charge in [0.2, 0.25) is 5.89 Å². The first-order valence-corrected chi connectivity index (χ1v) is 6.21. The molecule has 0 radical (unpaired) electrons. The van der Waals surface area contributed by atoms with E-state index in [0.717, 1.165) is 10.7 Å². The third-order valence-corrected chi connectivity index (χ3v) is 2.92. The number of nitrogens with one attached hydrogen (secondary N) is 1. The second-order valence-corrected chi connectivity index (χ2v) is 4.32. The van der Waals surface area contributed by atoms with Gasteiger partial charge in [-0.3, -0.25) is 0 Å². The van der Waals surface area contributed by atoms with Gasteiger partial charge in [-0.05, 0) is 13.8 Å². The van der Waals surface area contributed by atoms with Crippen molar-refractivity contribution in [3.05, 3.63) is 22.0 Å². The van der Waals surface area contributed by atoms with Crippen molar-refractivity contribution in [3.63, 3.8) is 0 Å². The average molecular weight is 254 g/mol. The highest BCUT2D eigenvalue weighted by Crippen LogP contribution is 2.12. The number of thiazole rings is 1. The number of aromatic nitrogens is 3. The molecule has 0 aliphatic carbocycles. The lowest BCUT2D eigenvalue weighted by molar-refractivity contribution is 0.115. The molecule has 0 fully saturated rings. The Bertz CT molecular complexity index is 468. The van der Waals surface area contributed by atoms with E-state index in [9.17, 15) is 0 Å². The summed E-state index contributed by atoms with van der Waals surface area (Å²) in [6.45, 7) is 5.45. The molecule has 0 unspecified atom stereocenters. The molecule has 0 saturated carbocycles. The molecule has 0 atom stereocenters. The van der Waals surface area contributed by atoms with Crippen LogP contribution < -0.4 is 5.32 Å². The summed E-state index contributed by atoms with van der Waals surface area (Å²) in [5.74, 6) is 0.477. The second-order valence-electron chi connectivity index (χ2n) is 3.37. The number of rotatable bonds is 6. The molecule has 0 aliphatic rings. The van der Waals surface area contributed by atoms with E-state index in [-0.39, 0.29) is 0 Å². The normalized spacial score (nSPS) is 10.7. The van der Waals surface area contributed by atoms with Crippen LogP contribution in [0.4, 0.5) is 6.01 Å². The van der Waals surface area contributed by atoms with E-state index in [0.29, 0.717) is 31.7 Å². The molecule has 1 N–H and O–H groups in total. The van der Waals surface area contributed by atoms with Gasteiger partial charge < -0.3 is 14.5 Å². The first-order chi connectivity index (χ1) is 8.28. The first-order valence-electron chi connectivity index (χ1n) is 5.33. The summed E-state index contributed by atoms with van der Waals surface area (Å²) in [5.41, 5.74) is 1.02. The van der Waals surface area contributed by atoms with Crippen molar-refractivity contribution < 1.29 is 9.15 Å². The molecule has 2 aromatic rings. The summed E-state index contributed by atoms with van der Waals surface area (Å²) in [7, 11) is 0. The molecule has 0 spiro atoms. The number of nitrogens with zero attached hydrogens (tertiary/aromatic N) is 3. The molecule has 0 saturated heterocycles. The molecule has 2 aromatic heterocycles. The van der Waals surface area contributed by atoms with Crippen LogP contribution in [0.2, 0.25) is 0 Å². The zero-order valence-corrected chi connectivity index (χ0v) is 10.6. The number of aryl methyl sites for hydroxylation is 1. The first kappa shape index (κ1) is 12.0. The lowest BCUT2D eigenvalue weighted by Gasteiger charge is -1.96. The predicted octanol–water partition coefficient (Wildman–Crippen LogP) is 1.98. The molecule has 2 rings (SSSR count). The maximum Gasteiger partial charge on any atom is 0.315 e. The van der Waals surface area contributed by atoms with Gasteiger partial charge in [-0.1, -0.05) is 5.10 Å². The van der Waals surface area contributed by atoms with E-state index in [1.807, 2.05) is 19.2 Å². The predicted molar refractivity (Wildman–Crippen MR) is 63.8 cm³/mol. The molecule has 0 aromatic carbocycles. The Balaban J connectivity index is 1.84. The Hall–Kier alpha value is -1.47. The summed E-state index contributed by atoms with van der Waals surface area (Å²) in [6, 6.07) is 0.396. The van der Waals surface area contributed by atoms with Crippen molar-refractivity contribution in [3.8, 4) is 0 Å². The molecular formula is C10H14N4O2S.